The van der Waals surface area contributed by atoms with Gasteiger partial charge in [-0.25, -0.2) is 13.4 Å². The molecular formula is C11H20N2O2S2. The Hall–Kier alpha value is -0.460. The van der Waals surface area contributed by atoms with Gasteiger partial charge >= 0.3 is 0 Å². The number of thiazole rings is 1. The van der Waals surface area contributed by atoms with Gasteiger partial charge in [-0.15, -0.1) is 11.3 Å². The van der Waals surface area contributed by atoms with E-state index in [9.17, 15) is 8.42 Å². The quantitative estimate of drug-likeness (QED) is 0.793. The van der Waals surface area contributed by atoms with Crippen LogP contribution in [0.25, 0.3) is 0 Å². The molecule has 0 N–H and O–H groups in total. The van der Waals surface area contributed by atoms with E-state index in [1.807, 2.05) is 12.3 Å². The van der Waals surface area contributed by atoms with Crippen LogP contribution in [0.2, 0.25) is 0 Å². The van der Waals surface area contributed by atoms with E-state index in [1.54, 1.807) is 11.3 Å². The summed E-state index contributed by atoms with van der Waals surface area (Å²) in [5.41, 5.74) is 1.02. The van der Waals surface area contributed by atoms with Gasteiger partial charge in [0.05, 0.1) is 16.5 Å². The molecule has 0 aliphatic heterocycles. The summed E-state index contributed by atoms with van der Waals surface area (Å²) in [4.78, 5) is 6.54. The second-order valence-electron chi connectivity index (χ2n) is 4.55. The molecule has 1 aromatic rings. The maximum atomic E-state index is 11.2. The van der Waals surface area contributed by atoms with Gasteiger partial charge in [0, 0.05) is 30.8 Å². The van der Waals surface area contributed by atoms with Gasteiger partial charge < -0.3 is 0 Å². The van der Waals surface area contributed by atoms with Gasteiger partial charge in [0.1, 0.15) is 9.84 Å². The maximum Gasteiger partial charge on any atom is 0.148 e. The summed E-state index contributed by atoms with van der Waals surface area (Å²) in [7, 11) is -2.90. The first-order valence-electron chi connectivity index (χ1n) is 5.60. The summed E-state index contributed by atoms with van der Waals surface area (Å²) in [5.74, 6) is 0.203. The summed E-state index contributed by atoms with van der Waals surface area (Å²) in [6, 6.07) is 0.318. The van der Waals surface area contributed by atoms with Crippen LogP contribution in [-0.2, 0) is 16.4 Å². The molecule has 0 spiro atoms. The lowest BCUT2D eigenvalue weighted by Crippen LogP contribution is -2.34. The predicted octanol–water partition coefficient (Wildman–Crippen LogP) is 1.71. The standard InChI is InChI=1S/C11H20N2O2S2/c1-9(2)13(5-6-17(4,14)15)7-11-8-16-10(3)12-11/h8-9H,5-7H2,1-4H3. The number of rotatable bonds is 6. The Bertz CT molecular complexity index is 452. The van der Waals surface area contributed by atoms with Gasteiger partial charge in [-0.2, -0.15) is 0 Å². The lowest BCUT2D eigenvalue weighted by Gasteiger charge is -2.25. The molecule has 0 saturated carbocycles. The van der Waals surface area contributed by atoms with Crippen LogP contribution in [0, 0.1) is 6.92 Å². The molecule has 0 unspecified atom stereocenters. The minimum absolute atomic E-state index is 0.203. The molecule has 0 saturated heterocycles. The Balaban J connectivity index is 2.61. The van der Waals surface area contributed by atoms with Crippen LogP contribution in [0.4, 0.5) is 0 Å². The van der Waals surface area contributed by atoms with Crippen LogP contribution < -0.4 is 0 Å². The highest BCUT2D eigenvalue weighted by molar-refractivity contribution is 7.90. The van der Waals surface area contributed by atoms with Gasteiger partial charge in [-0.3, -0.25) is 4.90 Å². The molecule has 0 radical (unpaired) electrons. The van der Waals surface area contributed by atoms with Crippen molar-refractivity contribution in [1.29, 1.82) is 0 Å². The van der Waals surface area contributed by atoms with Crippen LogP contribution in [0.1, 0.15) is 24.5 Å². The Morgan fingerprint density at radius 3 is 2.53 bits per heavy atom. The molecule has 0 amide bonds. The third-order valence-corrected chi connectivity index (χ3v) is 4.26. The van der Waals surface area contributed by atoms with Gasteiger partial charge in [-0.05, 0) is 20.8 Å². The number of hydrogen-bond acceptors (Lipinski definition) is 5. The average molecular weight is 276 g/mol. The fourth-order valence-corrected chi connectivity index (χ4v) is 2.66. The molecule has 1 rings (SSSR count). The second kappa shape index (κ2) is 5.93. The lowest BCUT2D eigenvalue weighted by atomic mass is 10.3. The highest BCUT2D eigenvalue weighted by atomic mass is 32.2. The van der Waals surface area contributed by atoms with E-state index in [4.69, 9.17) is 0 Å². The Morgan fingerprint density at radius 1 is 1.47 bits per heavy atom. The zero-order chi connectivity index (χ0) is 13.1. The van der Waals surface area contributed by atoms with Crippen molar-refractivity contribution in [3.05, 3.63) is 16.1 Å². The molecule has 0 aliphatic rings. The van der Waals surface area contributed by atoms with Gasteiger partial charge in [0.2, 0.25) is 0 Å². The third-order valence-electron chi connectivity index (χ3n) is 2.51. The average Bonchev–Trinajstić information content (AvgIpc) is 2.56. The highest BCUT2D eigenvalue weighted by Gasteiger charge is 2.14. The lowest BCUT2D eigenvalue weighted by molar-refractivity contribution is 0.223. The Morgan fingerprint density at radius 2 is 2.12 bits per heavy atom. The number of aromatic nitrogens is 1. The number of nitrogens with zero attached hydrogens (tertiary/aromatic N) is 2. The van der Waals surface area contributed by atoms with Crippen molar-refractivity contribution >= 4 is 21.2 Å². The summed E-state index contributed by atoms with van der Waals surface area (Å²) < 4.78 is 22.3. The van der Waals surface area contributed by atoms with Crippen LogP contribution in [-0.4, -0.2) is 42.9 Å². The van der Waals surface area contributed by atoms with Crippen molar-refractivity contribution in [2.75, 3.05) is 18.6 Å². The molecule has 4 nitrogen and oxygen atoms in total. The number of aryl methyl sites for hydroxylation is 1. The topological polar surface area (TPSA) is 50.3 Å². The van der Waals surface area contributed by atoms with Crippen LogP contribution in [0.5, 0.6) is 0 Å². The molecule has 1 heterocycles. The molecule has 1 aromatic heterocycles. The molecule has 98 valence electrons. The molecule has 0 bridgehead atoms. The first-order valence-corrected chi connectivity index (χ1v) is 8.55. The molecule has 0 aromatic carbocycles. The highest BCUT2D eigenvalue weighted by Crippen LogP contribution is 2.12. The zero-order valence-corrected chi connectivity index (χ0v) is 12.4. The largest absolute Gasteiger partial charge is 0.294 e. The predicted molar refractivity (Wildman–Crippen MR) is 72.1 cm³/mol. The van der Waals surface area contributed by atoms with Crippen molar-refractivity contribution in [3.63, 3.8) is 0 Å². The van der Waals surface area contributed by atoms with E-state index in [0.717, 1.165) is 17.2 Å². The molecule has 0 aliphatic carbocycles. The van der Waals surface area contributed by atoms with E-state index in [0.29, 0.717) is 12.6 Å². The molecule has 17 heavy (non-hydrogen) atoms. The van der Waals surface area contributed by atoms with Crippen LogP contribution >= 0.6 is 11.3 Å². The fraction of sp³-hybridized carbons (Fsp3) is 0.727. The van der Waals surface area contributed by atoms with E-state index < -0.39 is 9.84 Å². The summed E-state index contributed by atoms with van der Waals surface area (Å²) in [5, 5.41) is 3.08. The van der Waals surface area contributed by atoms with E-state index in [-0.39, 0.29) is 5.75 Å². The third kappa shape index (κ3) is 5.61. The van der Waals surface area contributed by atoms with Crippen LogP contribution in [0.15, 0.2) is 5.38 Å². The van der Waals surface area contributed by atoms with E-state index in [2.05, 4.69) is 23.7 Å². The first-order chi connectivity index (χ1) is 7.78. The minimum atomic E-state index is -2.90. The summed E-state index contributed by atoms with van der Waals surface area (Å²) >= 11 is 1.63. The molecule has 0 fully saturated rings. The monoisotopic (exact) mass is 276 g/mol. The van der Waals surface area contributed by atoms with Crippen molar-refractivity contribution < 1.29 is 8.42 Å². The molecule has 0 atom stereocenters. The van der Waals surface area contributed by atoms with Crippen molar-refractivity contribution in [1.82, 2.24) is 9.88 Å². The van der Waals surface area contributed by atoms with Crippen LogP contribution in [0.3, 0.4) is 0 Å². The zero-order valence-electron chi connectivity index (χ0n) is 10.8. The van der Waals surface area contributed by atoms with E-state index >= 15 is 0 Å². The Kier molecular flexibility index (Phi) is 5.09. The smallest absolute Gasteiger partial charge is 0.148 e. The van der Waals surface area contributed by atoms with Gasteiger partial charge in [-0.1, -0.05) is 0 Å². The molecule has 6 heteroatoms. The summed E-state index contributed by atoms with van der Waals surface area (Å²) in [6.45, 7) is 7.40. The maximum absolute atomic E-state index is 11.2. The second-order valence-corrected chi connectivity index (χ2v) is 7.87. The number of sulfone groups is 1. The van der Waals surface area contributed by atoms with E-state index in [1.165, 1.54) is 6.26 Å². The normalized spacial score (nSPS) is 12.6. The number of hydrogen-bond donors (Lipinski definition) is 0. The Labute approximate surface area is 108 Å². The summed E-state index contributed by atoms with van der Waals surface area (Å²) in [6.07, 6.45) is 1.28. The van der Waals surface area contributed by atoms with Crippen molar-refractivity contribution in [3.8, 4) is 0 Å². The van der Waals surface area contributed by atoms with Gasteiger partial charge in [0.15, 0.2) is 0 Å². The fourth-order valence-electron chi connectivity index (χ4n) is 1.49. The first kappa shape index (κ1) is 14.6. The van der Waals surface area contributed by atoms with Crippen molar-refractivity contribution in [2.45, 2.75) is 33.4 Å². The van der Waals surface area contributed by atoms with Gasteiger partial charge in [0.25, 0.3) is 0 Å². The SMILES string of the molecule is Cc1nc(CN(CCS(C)(=O)=O)C(C)C)cs1. The molecular weight excluding hydrogens is 256 g/mol. The minimum Gasteiger partial charge on any atom is -0.294 e. The van der Waals surface area contributed by atoms with Crippen molar-refractivity contribution in [2.24, 2.45) is 0 Å².